The fraction of sp³-hybridized carbons (Fsp3) is 0.113. The Balaban J connectivity index is 1.34. The Hall–Kier alpha value is -6.91. The molecule has 10 rings (SSSR count). The zero-order valence-corrected chi connectivity index (χ0v) is 32.0. The zero-order chi connectivity index (χ0) is 41.2. The monoisotopic (exact) mass is 738 g/mol. The molecule has 0 aliphatic rings. The molecule has 57 heavy (non-hydrogen) atoms. The Morgan fingerprint density at radius 3 is 1.84 bits per heavy atom. The second kappa shape index (κ2) is 13.4. The molecule has 4 heterocycles. The third-order valence-electron chi connectivity index (χ3n) is 12.0. The van der Waals surface area contributed by atoms with E-state index in [0.717, 1.165) is 65.8 Å². The summed E-state index contributed by atoms with van der Waals surface area (Å²) in [5.74, 6) is 0. The van der Waals surface area contributed by atoms with E-state index in [1.165, 1.54) is 0 Å². The van der Waals surface area contributed by atoms with Crippen LogP contribution < -0.4 is 0 Å². The minimum Gasteiger partial charge on any atom is -0.455 e. The molecule has 0 bridgehead atoms. The van der Waals surface area contributed by atoms with Gasteiger partial charge in [-0.15, -0.1) is 0 Å². The number of nitrogens with zero attached hydrogens (tertiary/aromatic N) is 3. The molecule has 1 unspecified atom stereocenters. The van der Waals surface area contributed by atoms with Gasteiger partial charge in [0, 0.05) is 32.8 Å². The lowest BCUT2D eigenvalue weighted by atomic mass is 9.72. The smallest absolute Gasteiger partial charge is 0.144 e. The molecule has 0 radical (unpaired) electrons. The lowest BCUT2D eigenvalue weighted by molar-refractivity contribution is 0.635. The molecule has 4 nitrogen and oxygen atoms in total. The molecule has 0 spiro atoms. The second-order valence-electron chi connectivity index (χ2n) is 15.3. The maximum absolute atomic E-state index is 8.92. The first-order chi connectivity index (χ1) is 29.0. The molecule has 0 aliphatic heterocycles. The molecule has 0 N–H and O–H groups in total. The first kappa shape index (κ1) is 31.3. The van der Waals surface area contributed by atoms with Crippen LogP contribution in [0.1, 0.15) is 62.9 Å². The highest BCUT2D eigenvalue weighted by atomic mass is 16.3. The van der Waals surface area contributed by atoms with Gasteiger partial charge in [-0.1, -0.05) is 109 Å². The average Bonchev–Trinajstić information content (AvgIpc) is 3.65. The van der Waals surface area contributed by atoms with E-state index in [1.54, 1.807) is 6.20 Å². The Labute approximate surface area is 336 Å². The third kappa shape index (κ3) is 5.47. The standard InChI is InChI=1S/C53H41N3O/c1-34-29-46(56-51(35(34)2)53(4,39-20-9-6-10-21-39)49-24-14-16-28-55-49)45-32-40(52(3,38-18-7-5-8-19-38)48-23-13-15-27-54-48)31-44-43-30-37-26-25-36-17-11-12-22-41(36)42(37)33-47(43)57-50(44)45/h5-33H,1-4H3/t52?,53-/m1/s1/i2D3. The Kier molecular flexibility index (Phi) is 7.35. The molecule has 0 saturated heterocycles. The fourth-order valence-corrected chi connectivity index (χ4v) is 8.76. The van der Waals surface area contributed by atoms with E-state index in [9.17, 15) is 0 Å². The molecule has 10 aromatic rings. The van der Waals surface area contributed by atoms with Crippen molar-refractivity contribution < 1.29 is 8.53 Å². The molecule has 0 amide bonds. The number of hydrogen-bond acceptors (Lipinski definition) is 4. The van der Waals surface area contributed by atoms with E-state index in [0.29, 0.717) is 28.2 Å². The minimum absolute atomic E-state index is 0.209. The molecule has 4 heteroatoms. The maximum atomic E-state index is 8.92. The van der Waals surface area contributed by atoms with Crippen LogP contribution in [-0.4, -0.2) is 15.0 Å². The van der Waals surface area contributed by atoms with E-state index >= 15 is 0 Å². The molecule has 274 valence electrons. The topological polar surface area (TPSA) is 51.8 Å². The second-order valence-corrected chi connectivity index (χ2v) is 15.3. The number of aryl methyl sites for hydroxylation is 1. The first-order valence-electron chi connectivity index (χ1n) is 20.8. The normalized spacial score (nSPS) is 14.9. The lowest BCUT2D eigenvalue weighted by Gasteiger charge is -2.32. The number of hydrogen-bond donors (Lipinski definition) is 0. The van der Waals surface area contributed by atoms with Crippen molar-refractivity contribution in [3.8, 4) is 11.3 Å². The number of furan rings is 1. The summed E-state index contributed by atoms with van der Waals surface area (Å²) in [6.07, 6.45) is 3.59. The summed E-state index contributed by atoms with van der Waals surface area (Å²) in [4.78, 5) is 15.3. The lowest BCUT2D eigenvalue weighted by Crippen LogP contribution is -2.29. The number of pyridine rings is 3. The summed E-state index contributed by atoms with van der Waals surface area (Å²) in [6.45, 7) is 3.65. The summed E-state index contributed by atoms with van der Waals surface area (Å²) in [5, 5.41) is 6.44. The van der Waals surface area contributed by atoms with Gasteiger partial charge in [0.2, 0.25) is 0 Å². The van der Waals surface area contributed by atoms with Gasteiger partial charge in [-0.2, -0.15) is 0 Å². The van der Waals surface area contributed by atoms with Crippen LogP contribution in [0.3, 0.4) is 0 Å². The highest BCUT2D eigenvalue weighted by Gasteiger charge is 2.38. The highest BCUT2D eigenvalue weighted by Crippen LogP contribution is 2.46. The zero-order valence-electron chi connectivity index (χ0n) is 35.0. The van der Waals surface area contributed by atoms with Gasteiger partial charge in [0.05, 0.1) is 33.6 Å². The molecule has 0 aliphatic carbocycles. The molecule has 0 saturated carbocycles. The van der Waals surface area contributed by atoms with Crippen molar-refractivity contribution >= 4 is 43.5 Å². The quantitative estimate of drug-likeness (QED) is 0.153. The van der Waals surface area contributed by atoms with Crippen LogP contribution in [0.2, 0.25) is 0 Å². The van der Waals surface area contributed by atoms with Crippen molar-refractivity contribution in [2.75, 3.05) is 0 Å². The number of rotatable bonds is 7. The molecule has 0 fully saturated rings. The number of fused-ring (bicyclic) bond motifs is 6. The van der Waals surface area contributed by atoms with E-state index in [-0.39, 0.29) is 5.56 Å². The van der Waals surface area contributed by atoms with Crippen LogP contribution in [0.25, 0.3) is 54.7 Å². The predicted molar refractivity (Wildman–Crippen MR) is 234 cm³/mol. The van der Waals surface area contributed by atoms with Crippen LogP contribution in [0, 0.1) is 13.8 Å². The van der Waals surface area contributed by atoms with E-state index < -0.39 is 17.7 Å². The summed E-state index contributed by atoms with van der Waals surface area (Å²) in [7, 11) is 0. The number of aromatic nitrogens is 3. The van der Waals surface area contributed by atoms with Gasteiger partial charge in [0.1, 0.15) is 11.2 Å². The van der Waals surface area contributed by atoms with Crippen LogP contribution >= 0.6 is 0 Å². The van der Waals surface area contributed by atoms with Gasteiger partial charge in [-0.05, 0) is 132 Å². The van der Waals surface area contributed by atoms with Gasteiger partial charge < -0.3 is 4.42 Å². The maximum Gasteiger partial charge on any atom is 0.144 e. The summed E-state index contributed by atoms with van der Waals surface area (Å²) in [6, 6.07) is 55.7. The molecule has 6 aromatic carbocycles. The van der Waals surface area contributed by atoms with E-state index in [2.05, 4.69) is 97.9 Å². The summed E-state index contributed by atoms with van der Waals surface area (Å²) in [5.41, 5.74) is 6.81. The van der Waals surface area contributed by atoms with Crippen molar-refractivity contribution in [2.45, 2.75) is 38.5 Å². The van der Waals surface area contributed by atoms with Crippen molar-refractivity contribution in [3.05, 3.63) is 221 Å². The van der Waals surface area contributed by atoms with E-state index in [4.69, 9.17) is 23.5 Å². The van der Waals surface area contributed by atoms with Crippen LogP contribution in [0.4, 0.5) is 0 Å². The minimum atomic E-state index is -2.47. The Morgan fingerprint density at radius 2 is 1.16 bits per heavy atom. The van der Waals surface area contributed by atoms with Gasteiger partial charge >= 0.3 is 0 Å². The van der Waals surface area contributed by atoms with Crippen molar-refractivity contribution in [1.82, 2.24) is 15.0 Å². The fourth-order valence-electron chi connectivity index (χ4n) is 8.76. The average molecular weight is 739 g/mol. The molecular weight excluding hydrogens is 695 g/mol. The Bertz CT molecular complexity index is 3140. The molecule has 2 atom stereocenters. The van der Waals surface area contributed by atoms with Gasteiger partial charge in [-0.3, -0.25) is 15.0 Å². The SMILES string of the molecule is [2H]C([2H])([2H])c1c(C)cc(-c2cc(C(C)(c3ccccc3)c3ccccn3)cc3c2oc2cc4c(ccc5ccccc54)cc23)nc1[C@](C)(c1ccccc1)c1ccccn1. The highest BCUT2D eigenvalue weighted by molar-refractivity contribution is 6.17. The van der Waals surface area contributed by atoms with Crippen molar-refractivity contribution in [1.29, 1.82) is 0 Å². The third-order valence-corrected chi connectivity index (χ3v) is 12.0. The van der Waals surface area contributed by atoms with Gasteiger partial charge in [-0.25, -0.2) is 0 Å². The largest absolute Gasteiger partial charge is 0.455 e. The molecular formula is C53H41N3O. The molecule has 4 aromatic heterocycles. The van der Waals surface area contributed by atoms with Crippen molar-refractivity contribution in [2.24, 2.45) is 0 Å². The Morgan fingerprint density at radius 1 is 0.526 bits per heavy atom. The van der Waals surface area contributed by atoms with E-state index in [1.807, 2.05) is 92.8 Å². The predicted octanol–water partition coefficient (Wildman–Crippen LogP) is 13.1. The summed E-state index contributed by atoms with van der Waals surface area (Å²) >= 11 is 0. The van der Waals surface area contributed by atoms with Gasteiger partial charge in [0.25, 0.3) is 0 Å². The van der Waals surface area contributed by atoms with Crippen LogP contribution in [0.5, 0.6) is 0 Å². The van der Waals surface area contributed by atoms with Crippen LogP contribution in [-0.2, 0) is 10.8 Å². The van der Waals surface area contributed by atoms with Gasteiger partial charge in [0.15, 0.2) is 0 Å². The van der Waals surface area contributed by atoms with Crippen molar-refractivity contribution in [3.63, 3.8) is 0 Å². The summed E-state index contributed by atoms with van der Waals surface area (Å²) < 4.78 is 33.8. The first-order valence-corrected chi connectivity index (χ1v) is 19.3. The number of benzene rings is 6. The van der Waals surface area contributed by atoms with Crippen LogP contribution in [0.15, 0.2) is 181 Å².